The molecule has 1 fully saturated rings. The fourth-order valence-electron chi connectivity index (χ4n) is 1.87. The second kappa shape index (κ2) is 5.03. The van der Waals surface area contributed by atoms with E-state index in [9.17, 15) is 4.79 Å². The molecule has 8 nitrogen and oxygen atoms in total. The highest BCUT2D eigenvalue weighted by molar-refractivity contribution is 5.78. The van der Waals surface area contributed by atoms with Gasteiger partial charge in [-0.15, -0.1) is 0 Å². The number of anilines is 2. The number of amides is 1. The Morgan fingerprint density at radius 3 is 2.89 bits per heavy atom. The van der Waals surface area contributed by atoms with E-state index in [1.54, 1.807) is 0 Å². The molecule has 1 aromatic heterocycles. The van der Waals surface area contributed by atoms with Crippen LogP contribution in [0.5, 0.6) is 6.01 Å². The van der Waals surface area contributed by atoms with Crippen LogP contribution >= 0.6 is 0 Å². The molecule has 0 aromatic carbocycles. The topological polar surface area (TPSA) is 120 Å². The number of carbonyl (C=O) groups excluding carboxylic acids is 1. The minimum absolute atomic E-state index is 0.103. The molecule has 1 atom stereocenters. The summed E-state index contributed by atoms with van der Waals surface area (Å²) >= 11 is 0. The van der Waals surface area contributed by atoms with Crippen molar-refractivity contribution in [2.45, 2.75) is 13.3 Å². The molecule has 8 heteroatoms. The minimum atomic E-state index is -0.301. The van der Waals surface area contributed by atoms with Gasteiger partial charge < -0.3 is 21.1 Å². The van der Waals surface area contributed by atoms with E-state index in [-0.39, 0.29) is 23.8 Å². The van der Waals surface area contributed by atoms with Crippen molar-refractivity contribution >= 4 is 17.8 Å². The number of nitrogens with zero attached hydrogens (tertiary/aromatic N) is 4. The summed E-state index contributed by atoms with van der Waals surface area (Å²) in [6, 6.07) is 0.197. The minimum Gasteiger partial charge on any atom is -0.464 e. The third-order valence-corrected chi connectivity index (χ3v) is 2.77. The van der Waals surface area contributed by atoms with Crippen LogP contribution in [0, 0.1) is 5.92 Å². The summed E-state index contributed by atoms with van der Waals surface area (Å²) in [5.74, 6) is 0.0590. The van der Waals surface area contributed by atoms with Gasteiger partial charge in [-0.2, -0.15) is 15.0 Å². The smallest absolute Gasteiger partial charge is 0.323 e. The number of nitrogen functional groups attached to an aromatic ring is 1. The maximum Gasteiger partial charge on any atom is 0.323 e. The lowest BCUT2D eigenvalue weighted by atomic mass is 10.1. The summed E-state index contributed by atoms with van der Waals surface area (Å²) in [5, 5.41) is 0. The van der Waals surface area contributed by atoms with Crippen LogP contribution in [0.2, 0.25) is 0 Å². The van der Waals surface area contributed by atoms with E-state index in [1.807, 2.05) is 11.8 Å². The quantitative estimate of drug-likeness (QED) is 0.717. The molecule has 0 spiro atoms. The summed E-state index contributed by atoms with van der Waals surface area (Å²) < 4.78 is 5.20. The van der Waals surface area contributed by atoms with Gasteiger partial charge in [0.25, 0.3) is 0 Å². The summed E-state index contributed by atoms with van der Waals surface area (Å²) in [6.07, 6.45) is 0.699. The number of aromatic nitrogens is 3. The maximum absolute atomic E-state index is 11.1. The van der Waals surface area contributed by atoms with E-state index in [0.717, 1.165) is 0 Å². The van der Waals surface area contributed by atoms with Gasteiger partial charge in [-0.3, -0.25) is 4.79 Å². The number of rotatable bonds is 4. The van der Waals surface area contributed by atoms with Gasteiger partial charge in [-0.05, 0) is 13.3 Å². The molecule has 18 heavy (non-hydrogen) atoms. The van der Waals surface area contributed by atoms with Crippen molar-refractivity contribution in [3.8, 4) is 6.01 Å². The molecule has 2 heterocycles. The van der Waals surface area contributed by atoms with Crippen molar-refractivity contribution in [2.75, 3.05) is 30.3 Å². The first-order valence-electron chi connectivity index (χ1n) is 5.78. The fourth-order valence-corrected chi connectivity index (χ4v) is 1.87. The van der Waals surface area contributed by atoms with Gasteiger partial charge in [0.2, 0.25) is 17.8 Å². The van der Waals surface area contributed by atoms with E-state index in [2.05, 4.69) is 15.0 Å². The largest absolute Gasteiger partial charge is 0.464 e. The molecule has 1 aliphatic heterocycles. The zero-order valence-electron chi connectivity index (χ0n) is 10.2. The third kappa shape index (κ3) is 2.58. The highest BCUT2D eigenvalue weighted by atomic mass is 16.5. The van der Waals surface area contributed by atoms with Gasteiger partial charge in [0.05, 0.1) is 12.5 Å². The molecule has 2 rings (SSSR count). The highest BCUT2D eigenvalue weighted by Crippen LogP contribution is 2.22. The summed E-state index contributed by atoms with van der Waals surface area (Å²) in [4.78, 5) is 25.0. The van der Waals surface area contributed by atoms with Gasteiger partial charge >= 0.3 is 6.01 Å². The Hall–Kier alpha value is -2.12. The van der Waals surface area contributed by atoms with E-state index in [1.165, 1.54) is 0 Å². The van der Waals surface area contributed by atoms with E-state index >= 15 is 0 Å². The summed E-state index contributed by atoms with van der Waals surface area (Å²) in [5.41, 5.74) is 10.9. The zero-order chi connectivity index (χ0) is 13.1. The SMILES string of the molecule is CCOc1nc(N)nc(N2CCC(C(N)=O)C2)n1. The number of nitrogens with two attached hydrogens (primary N) is 2. The predicted molar refractivity (Wildman–Crippen MR) is 64.9 cm³/mol. The van der Waals surface area contributed by atoms with E-state index < -0.39 is 0 Å². The Bertz CT molecular complexity index is 452. The van der Waals surface area contributed by atoms with E-state index in [4.69, 9.17) is 16.2 Å². The summed E-state index contributed by atoms with van der Waals surface area (Å²) in [6.45, 7) is 3.46. The Morgan fingerprint density at radius 2 is 2.28 bits per heavy atom. The van der Waals surface area contributed by atoms with Crippen LogP contribution in [0.15, 0.2) is 0 Å². The average molecular weight is 252 g/mol. The van der Waals surface area contributed by atoms with Gasteiger partial charge in [0.15, 0.2) is 0 Å². The molecule has 0 bridgehead atoms. The number of carbonyl (C=O) groups is 1. The Labute approximate surface area is 104 Å². The zero-order valence-corrected chi connectivity index (χ0v) is 10.2. The lowest BCUT2D eigenvalue weighted by molar-refractivity contribution is -0.121. The molecular weight excluding hydrogens is 236 g/mol. The first-order valence-corrected chi connectivity index (χ1v) is 5.78. The van der Waals surface area contributed by atoms with Crippen LogP contribution in [-0.2, 0) is 4.79 Å². The van der Waals surface area contributed by atoms with Crippen LogP contribution in [0.4, 0.5) is 11.9 Å². The molecule has 98 valence electrons. The molecule has 1 saturated heterocycles. The molecule has 0 saturated carbocycles. The normalized spacial score (nSPS) is 18.9. The van der Waals surface area contributed by atoms with Crippen molar-refractivity contribution < 1.29 is 9.53 Å². The van der Waals surface area contributed by atoms with Crippen molar-refractivity contribution in [1.29, 1.82) is 0 Å². The number of primary amides is 1. The van der Waals surface area contributed by atoms with Gasteiger partial charge in [0, 0.05) is 13.1 Å². The molecule has 0 aliphatic carbocycles. The highest BCUT2D eigenvalue weighted by Gasteiger charge is 2.28. The number of ether oxygens (including phenoxy) is 1. The average Bonchev–Trinajstić information content (AvgIpc) is 2.78. The molecule has 4 N–H and O–H groups in total. The maximum atomic E-state index is 11.1. The van der Waals surface area contributed by atoms with Gasteiger partial charge in [-0.25, -0.2) is 0 Å². The summed E-state index contributed by atoms with van der Waals surface area (Å²) in [7, 11) is 0. The predicted octanol–water partition coefficient (Wildman–Crippen LogP) is -0.836. The second-order valence-electron chi connectivity index (χ2n) is 4.04. The second-order valence-corrected chi connectivity index (χ2v) is 4.04. The number of hydrogen-bond donors (Lipinski definition) is 2. The fraction of sp³-hybridized carbons (Fsp3) is 0.600. The molecule has 1 aliphatic rings. The monoisotopic (exact) mass is 252 g/mol. The van der Waals surface area contributed by atoms with Crippen LogP contribution in [0.3, 0.4) is 0 Å². The lowest BCUT2D eigenvalue weighted by Gasteiger charge is -2.16. The van der Waals surface area contributed by atoms with Gasteiger partial charge in [0.1, 0.15) is 0 Å². The lowest BCUT2D eigenvalue weighted by Crippen LogP contribution is -2.28. The molecule has 0 radical (unpaired) electrons. The van der Waals surface area contributed by atoms with Crippen LogP contribution in [0.1, 0.15) is 13.3 Å². The third-order valence-electron chi connectivity index (χ3n) is 2.77. The van der Waals surface area contributed by atoms with Crippen LogP contribution in [0.25, 0.3) is 0 Å². The Kier molecular flexibility index (Phi) is 3.45. The first kappa shape index (κ1) is 12.3. The van der Waals surface area contributed by atoms with Gasteiger partial charge in [-0.1, -0.05) is 0 Å². The Morgan fingerprint density at radius 1 is 1.50 bits per heavy atom. The standard InChI is InChI=1S/C10H16N6O2/c1-2-18-10-14-8(12)13-9(15-10)16-4-3-6(5-16)7(11)17/h6H,2-5H2,1H3,(H2,11,17)(H2,12,13,14,15). The van der Waals surface area contributed by atoms with Crippen molar-refractivity contribution in [1.82, 2.24) is 15.0 Å². The van der Waals surface area contributed by atoms with Crippen LogP contribution < -0.4 is 21.1 Å². The van der Waals surface area contributed by atoms with Crippen LogP contribution in [-0.4, -0.2) is 40.6 Å². The molecule has 1 unspecified atom stereocenters. The van der Waals surface area contributed by atoms with Crippen molar-refractivity contribution in [3.63, 3.8) is 0 Å². The van der Waals surface area contributed by atoms with Crippen molar-refractivity contribution in [2.24, 2.45) is 11.7 Å². The molecule has 1 amide bonds. The van der Waals surface area contributed by atoms with Crippen molar-refractivity contribution in [3.05, 3.63) is 0 Å². The number of hydrogen-bond acceptors (Lipinski definition) is 7. The Balaban J connectivity index is 2.16. The van der Waals surface area contributed by atoms with E-state index in [0.29, 0.717) is 32.1 Å². The molecular formula is C10H16N6O2. The first-order chi connectivity index (χ1) is 8.60. The molecule has 1 aromatic rings.